The molecule has 0 fully saturated rings. The van der Waals surface area contributed by atoms with E-state index in [1.54, 1.807) is 54.1 Å². The Morgan fingerprint density at radius 2 is 1.75 bits per heavy atom. The molecule has 0 saturated carbocycles. The van der Waals surface area contributed by atoms with Crippen molar-refractivity contribution in [3.63, 3.8) is 0 Å². The molecule has 0 atom stereocenters. The van der Waals surface area contributed by atoms with Crippen LogP contribution in [0.15, 0.2) is 67.0 Å². The van der Waals surface area contributed by atoms with E-state index in [1.807, 2.05) is 12.1 Å². The van der Waals surface area contributed by atoms with Crippen molar-refractivity contribution in [3.05, 3.63) is 82.7 Å². The van der Waals surface area contributed by atoms with E-state index in [-0.39, 0.29) is 18.1 Å². The second-order valence-electron chi connectivity index (χ2n) is 6.84. The third kappa shape index (κ3) is 4.22. The van der Waals surface area contributed by atoms with Gasteiger partial charge in [0.1, 0.15) is 22.9 Å². The molecule has 0 saturated heterocycles. The summed E-state index contributed by atoms with van der Waals surface area (Å²) in [6, 6.07) is 15.1. The van der Waals surface area contributed by atoms with Crippen LogP contribution in [-0.2, 0) is 0 Å². The summed E-state index contributed by atoms with van der Waals surface area (Å²) >= 11 is 0. The summed E-state index contributed by atoms with van der Waals surface area (Å²) in [5.74, 6) is 1.31. The van der Waals surface area contributed by atoms with Gasteiger partial charge in [0.05, 0.1) is 36.6 Å². The van der Waals surface area contributed by atoms with E-state index < -0.39 is 4.92 Å². The number of benzene rings is 2. The maximum absolute atomic E-state index is 12.6. The largest absolute Gasteiger partial charge is 0.497 e. The number of ketones is 1. The average Bonchev–Trinajstić information content (AvgIpc) is 3.25. The first-order valence-electron chi connectivity index (χ1n) is 9.60. The highest BCUT2D eigenvalue weighted by Crippen LogP contribution is 2.26. The zero-order valence-electron chi connectivity index (χ0n) is 17.3. The normalized spacial score (nSPS) is 10.7. The molecule has 0 unspecified atom stereocenters. The molecule has 0 aliphatic carbocycles. The van der Waals surface area contributed by atoms with Crippen molar-refractivity contribution in [2.75, 3.05) is 20.8 Å². The highest BCUT2D eigenvalue weighted by molar-refractivity contribution is 6.00. The fourth-order valence-corrected chi connectivity index (χ4v) is 3.20. The molecule has 0 N–H and O–H groups in total. The van der Waals surface area contributed by atoms with E-state index in [0.717, 1.165) is 5.56 Å². The molecule has 0 bridgehead atoms. The topological polar surface area (TPSA) is 105 Å². The molecule has 2 aromatic carbocycles. The smallest absolute Gasteiger partial charge is 0.286 e. The van der Waals surface area contributed by atoms with Crippen LogP contribution in [0.25, 0.3) is 16.9 Å². The van der Waals surface area contributed by atoms with E-state index in [2.05, 4.69) is 4.98 Å². The Morgan fingerprint density at radius 1 is 1.00 bits per heavy atom. The van der Waals surface area contributed by atoms with Gasteiger partial charge in [-0.15, -0.1) is 0 Å². The van der Waals surface area contributed by atoms with Gasteiger partial charge in [-0.05, 0) is 42.5 Å². The number of imidazole rings is 1. The Bertz CT molecular complexity index is 1300. The van der Waals surface area contributed by atoms with Gasteiger partial charge in [0.25, 0.3) is 5.69 Å². The Kier molecular flexibility index (Phi) is 5.71. The maximum atomic E-state index is 12.6. The number of ether oxygens (including phenoxy) is 3. The Balaban J connectivity index is 1.46. The van der Waals surface area contributed by atoms with E-state index >= 15 is 0 Å². The van der Waals surface area contributed by atoms with E-state index in [9.17, 15) is 14.9 Å². The molecule has 0 radical (unpaired) electrons. The van der Waals surface area contributed by atoms with Gasteiger partial charge in [-0.25, -0.2) is 4.98 Å². The average molecular weight is 433 g/mol. The number of hydrogen-bond donors (Lipinski definition) is 0. The fourth-order valence-electron chi connectivity index (χ4n) is 3.20. The molecule has 0 aliphatic heterocycles. The maximum Gasteiger partial charge on any atom is 0.286 e. The van der Waals surface area contributed by atoms with Gasteiger partial charge in [0.15, 0.2) is 6.61 Å². The first kappa shape index (κ1) is 20.9. The molecule has 2 aromatic heterocycles. The minimum atomic E-state index is -0.450. The number of nitrogens with zero attached hydrogens (tertiary/aromatic N) is 3. The van der Waals surface area contributed by atoms with Gasteiger partial charge in [-0.3, -0.25) is 19.3 Å². The van der Waals surface area contributed by atoms with Crippen LogP contribution in [0.4, 0.5) is 5.69 Å². The zero-order valence-corrected chi connectivity index (χ0v) is 17.3. The third-order valence-corrected chi connectivity index (χ3v) is 4.88. The molecule has 0 amide bonds. The first-order valence-corrected chi connectivity index (χ1v) is 9.60. The van der Waals surface area contributed by atoms with Gasteiger partial charge >= 0.3 is 0 Å². The van der Waals surface area contributed by atoms with Gasteiger partial charge < -0.3 is 14.2 Å². The van der Waals surface area contributed by atoms with Crippen LogP contribution in [-0.4, -0.2) is 40.9 Å². The van der Waals surface area contributed by atoms with Crippen LogP contribution in [0.5, 0.6) is 17.2 Å². The van der Waals surface area contributed by atoms with E-state index in [4.69, 9.17) is 14.2 Å². The van der Waals surface area contributed by atoms with Crippen LogP contribution in [0.1, 0.15) is 10.4 Å². The van der Waals surface area contributed by atoms with E-state index in [1.165, 1.54) is 19.4 Å². The van der Waals surface area contributed by atoms with E-state index in [0.29, 0.717) is 34.2 Å². The second kappa shape index (κ2) is 8.76. The van der Waals surface area contributed by atoms with Crippen molar-refractivity contribution in [1.29, 1.82) is 0 Å². The highest BCUT2D eigenvalue weighted by Gasteiger charge is 2.15. The van der Waals surface area contributed by atoms with Gasteiger partial charge in [0.2, 0.25) is 5.78 Å². The SMILES string of the molecule is COc1ccc(C(=O)COc2ccc(-c3cn4cc([N+](=O)[O-])ccc4n3)cc2)c(OC)c1. The second-order valence-corrected chi connectivity index (χ2v) is 6.84. The summed E-state index contributed by atoms with van der Waals surface area (Å²) in [6.07, 6.45) is 3.14. The summed E-state index contributed by atoms with van der Waals surface area (Å²) in [5.41, 5.74) is 2.47. The number of nitro groups is 1. The predicted octanol–water partition coefficient (Wildman–Crippen LogP) is 4.19. The van der Waals surface area contributed by atoms with Gasteiger partial charge in [0, 0.05) is 23.9 Å². The Labute approximate surface area is 182 Å². The van der Waals surface area contributed by atoms with Crippen LogP contribution in [0, 0.1) is 10.1 Å². The number of fused-ring (bicyclic) bond motifs is 1. The summed E-state index contributed by atoms with van der Waals surface area (Å²) in [7, 11) is 3.03. The molecule has 9 heteroatoms. The lowest BCUT2D eigenvalue weighted by molar-refractivity contribution is -0.385. The number of Topliss-reactive ketones (excluding diaryl/α,β-unsaturated/α-hetero) is 1. The number of carbonyl (C=O) groups is 1. The molecule has 162 valence electrons. The number of rotatable bonds is 8. The number of carbonyl (C=O) groups excluding carboxylic acids is 1. The van der Waals surface area contributed by atoms with Crippen LogP contribution in [0.3, 0.4) is 0 Å². The minimum absolute atomic E-state index is 0.0108. The summed E-state index contributed by atoms with van der Waals surface area (Å²) in [4.78, 5) is 27.5. The lowest BCUT2D eigenvalue weighted by Gasteiger charge is -2.10. The molecule has 32 heavy (non-hydrogen) atoms. The first-order chi connectivity index (χ1) is 15.5. The van der Waals surface area contributed by atoms with Crippen LogP contribution < -0.4 is 14.2 Å². The van der Waals surface area contributed by atoms with Gasteiger partial charge in [-0.1, -0.05) is 0 Å². The zero-order chi connectivity index (χ0) is 22.7. The standard InChI is InChI=1S/C23H19N3O6/c1-30-18-8-9-19(22(11-18)31-2)21(27)14-32-17-6-3-15(4-7-17)20-13-25-12-16(26(28)29)5-10-23(25)24-20/h3-13H,14H2,1-2H3. The van der Waals surface area contributed by atoms with Crippen molar-refractivity contribution in [2.45, 2.75) is 0 Å². The van der Waals surface area contributed by atoms with Crippen molar-refractivity contribution in [3.8, 4) is 28.5 Å². The Hall–Kier alpha value is -4.40. The Morgan fingerprint density at radius 3 is 2.44 bits per heavy atom. The monoisotopic (exact) mass is 433 g/mol. The van der Waals surface area contributed by atoms with Crippen LogP contribution >= 0.6 is 0 Å². The van der Waals surface area contributed by atoms with Crippen molar-refractivity contribution >= 4 is 17.1 Å². The fraction of sp³-hybridized carbons (Fsp3) is 0.130. The number of methoxy groups -OCH3 is 2. The molecule has 4 rings (SSSR count). The molecule has 0 aliphatic rings. The minimum Gasteiger partial charge on any atom is -0.497 e. The molecular weight excluding hydrogens is 414 g/mol. The quantitative estimate of drug-likeness (QED) is 0.233. The number of aromatic nitrogens is 2. The lowest BCUT2D eigenvalue weighted by Crippen LogP contribution is -2.12. The molecule has 9 nitrogen and oxygen atoms in total. The highest BCUT2D eigenvalue weighted by atomic mass is 16.6. The van der Waals surface area contributed by atoms with Crippen LogP contribution in [0.2, 0.25) is 0 Å². The van der Waals surface area contributed by atoms with Gasteiger partial charge in [-0.2, -0.15) is 0 Å². The lowest BCUT2D eigenvalue weighted by atomic mass is 10.1. The molecular formula is C23H19N3O6. The number of pyridine rings is 1. The molecule has 4 aromatic rings. The van der Waals surface area contributed by atoms with Crippen molar-refractivity contribution in [1.82, 2.24) is 9.38 Å². The predicted molar refractivity (Wildman–Crippen MR) is 117 cm³/mol. The van der Waals surface area contributed by atoms with Crippen molar-refractivity contribution < 1.29 is 23.9 Å². The third-order valence-electron chi connectivity index (χ3n) is 4.88. The number of hydrogen-bond acceptors (Lipinski definition) is 7. The van der Waals surface area contributed by atoms with Crippen molar-refractivity contribution in [2.24, 2.45) is 0 Å². The summed E-state index contributed by atoms with van der Waals surface area (Å²) in [5, 5.41) is 10.9. The summed E-state index contributed by atoms with van der Waals surface area (Å²) < 4.78 is 17.7. The summed E-state index contributed by atoms with van der Waals surface area (Å²) in [6.45, 7) is -0.153. The molecule has 2 heterocycles. The molecule has 0 spiro atoms.